The molecule has 2 heterocycles. The van der Waals surface area contributed by atoms with Gasteiger partial charge in [-0.15, -0.1) is 0 Å². The van der Waals surface area contributed by atoms with Crippen molar-refractivity contribution in [2.75, 3.05) is 19.7 Å². The summed E-state index contributed by atoms with van der Waals surface area (Å²) in [5.74, 6) is 4.07. The van der Waals surface area contributed by atoms with Gasteiger partial charge in [-0.25, -0.2) is 0 Å². The average molecular weight is 291 g/mol. The average Bonchev–Trinajstić information content (AvgIpc) is 2.92. The summed E-state index contributed by atoms with van der Waals surface area (Å²) < 4.78 is 5.85. The molecule has 0 aromatic carbocycles. The summed E-state index contributed by atoms with van der Waals surface area (Å²) in [6, 6.07) is 4.09. The maximum atomic E-state index is 12.2. The van der Waals surface area contributed by atoms with Gasteiger partial charge in [0.2, 0.25) is 5.91 Å². The number of nitrogens with zero attached hydrogens (tertiary/aromatic N) is 1. The van der Waals surface area contributed by atoms with Crippen LogP contribution in [0.5, 0.6) is 0 Å². The predicted octanol–water partition coefficient (Wildman–Crippen LogP) is 2.57. The van der Waals surface area contributed by atoms with E-state index in [4.69, 9.17) is 9.52 Å². The molecule has 1 aromatic rings. The Bertz CT molecular complexity index is 496. The molecule has 1 aliphatic carbocycles. The highest BCUT2D eigenvalue weighted by atomic mass is 16.3. The van der Waals surface area contributed by atoms with Crippen LogP contribution < -0.4 is 0 Å². The first kappa shape index (κ1) is 14.6. The van der Waals surface area contributed by atoms with E-state index in [0.29, 0.717) is 24.7 Å². The zero-order valence-corrected chi connectivity index (χ0v) is 12.8. The Morgan fingerprint density at radius 1 is 1.48 bits per heavy atom. The number of hydrogen-bond acceptors (Lipinski definition) is 3. The van der Waals surface area contributed by atoms with Crippen molar-refractivity contribution in [3.05, 3.63) is 23.7 Å². The second-order valence-electron chi connectivity index (χ2n) is 6.63. The summed E-state index contributed by atoms with van der Waals surface area (Å²) in [6.07, 6.45) is 4.29. The van der Waals surface area contributed by atoms with Gasteiger partial charge in [-0.3, -0.25) is 4.79 Å². The lowest BCUT2D eigenvalue weighted by Gasteiger charge is -2.16. The summed E-state index contributed by atoms with van der Waals surface area (Å²) in [7, 11) is 0. The van der Waals surface area contributed by atoms with E-state index in [1.165, 1.54) is 6.42 Å². The van der Waals surface area contributed by atoms with Crippen LogP contribution in [0.1, 0.15) is 50.0 Å². The molecule has 1 N–H and O–H groups in total. The van der Waals surface area contributed by atoms with Crippen LogP contribution in [0.25, 0.3) is 0 Å². The van der Waals surface area contributed by atoms with E-state index in [-0.39, 0.29) is 12.5 Å². The van der Waals surface area contributed by atoms with E-state index in [9.17, 15) is 4.79 Å². The van der Waals surface area contributed by atoms with Crippen LogP contribution in [0.15, 0.2) is 16.5 Å². The Morgan fingerprint density at radius 2 is 2.29 bits per heavy atom. The molecule has 4 heteroatoms. The van der Waals surface area contributed by atoms with Crippen molar-refractivity contribution in [1.29, 1.82) is 0 Å². The molecule has 0 radical (unpaired) electrons. The SMILES string of the molecule is CC1CC1c1ccc(CCC(=O)N2CCC(CCO)C2)o1. The van der Waals surface area contributed by atoms with Gasteiger partial charge in [0.1, 0.15) is 11.5 Å². The van der Waals surface area contributed by atoms with E-state index >= 15 is 0 Å². The fraction of sp³-hybridized carbons (Fsp3) is 0.706. The third kappa shape index (κ3) is 3.49. The number of aliphatic hydroxyl groups excluding tert-OH is 1. The third-order valence-corrected chi connectivity index (χ3v) is 4.92. The van der Waals surface area contributed by atoms with E-state index in [1.807, 2.05) is 11.0 Å². The lowest BCUT2D eigenvalue weighted by molar-refractivity contribution is -0.130. The summed E-state index contributed by atoms with van der Waals surface area (Å²) in [5.41, 5.74) is 0. The zero-order chi connectivity index (χ0) is 14.8. The quantitative estimate of drug-likeness (QED) is 0.876. The second-order valence-corrected chi connectivity index (χ2v) is 6.63. The Labute approximate surface area is 126 Å². The summed E-state index contributed by atoms with van der Waals surface area (Å²) in [4.78, 5) is 14.1. The number of furan rings is 1. The lowest BCUT2D eigenvalue weighted by Crippen LogP contribution is -2.28. The van der Waals surface area contributed by atoms with Crippen LogP contribution in [-0.4, -0.2) is 35.6 Å². The van der Waals surface area contributed by atoms with Gasteiger partial charge in [0.15, 0.2) is 0 Å². The van der Waals surface area contributed by atoms with Gasteiger partial charge in [-0.05, 0) is 43.2 Å². The number of carbonyl (C=O) groups is 1. The van der Waals surface area contributed by atoms with E-state index in [2.05, 4.69) is 13.0 Å². The molecule has 1 saturated heterocycles. The van der Waals surface area contributed by atoms with Crippen LogP contribution in [0.3, 0.4) is 0 Å². The number of amides is 1. The molecule has 2 aliphatic rings. The number of hydrogen-bond donors (Lipinski definition) is 1. The molecular formula is C17H25NO3. The minimum Gasteiger partial charge on any atom is -0.466 e. The highest BCUT2D eigenvalue weighted by Crippen LogP contribution is 2.47. The van der Waals surface area contributed by atoms with Crippen molar-refractivity contribution in [3.63, 3.8) is 0 Å². The first-order valence-corrected chi connectivity index (χ1v) is 8.14. The van der Waals surface area contributed by atoms with E-state index in [0.717, 1.165) is 43.4 Å². The number of carbonyl (C=O) groups excluding carboxylic acids is 1. The fourth-order valence-electron chi connectivity index (χ4n) is 3.31. The molecule has 1 saturated carbocycles. The number of likely N-dealkylation sites (tertiary alicyclic amines) is 1. The molecule has 21 heavy (non-hydrogen) atoms. The summed E-state index contributed by atoms with van der Waals surface area (Å²) in [6.45, 7) is 4.11. The molecule has 3 unspecified atom stereocenters. The maximum absolute atomic E-state index is 12.2. The molecule has 3 rings (SSSR count). The van der Waals surface area contributed by atoms with Gasteiger partial charge in [-0.2, -0.15) is 0 Å². The van der Waals surface area contributed by atoms with Crippen LogP contribution in [0.2, 0.25) is 0 Å². The Morgan fingerprint density at radius 3 is 3.00 bits per heavy atom. The molecule has 0 bridgehead atoms. The van der Waals surface area contributed by atoms with Gasteiger partial charge in [0, 0.05) is 38.5 Å². The molecule has 1 aliphatic heterocycles. The minimum atomic E-state index is 0.216. The monoisotopic (exact) mass is 291 g/mol. The van der Waals surface area contributed by atoms with Crippen molar-refractivity contribution >= 4 is 5.91 Å². The standard InChI is InChI=1S/C17H25NO3/c1-12-10-15(12)16-4-2-14(21-16)3-5-17(20)18-8-6-13(11-18)7-9-19/h2,4,12-13,15,19H,3,5-11H2,1H3. The van der Waals surface area contributed by atoms with E-state index < -0.39 is 0 Å². The van der Waals surface area contributed by atoms with Crippen molar-refractivity contribution < 1.29 is 14.3 Å². The van der Waals surface area contributed by atoms with Gasteiger partial charge >= 0.3 is 0 Å². The summed E-state index contributed by atoms with van der Waals surface area (Å²) in [5, 5.41) is 8.96. The molecule has 0 spiro atoms. The number of rotatable bonds is 6. The van der Waals surface area contributed by atoms with Crippen molar-refractivity contribution in [2.45, 2.75) is 44.9 Å². The number of aryl methyl sites for hydroxylation is 1. The Hall–Kier alpha value is -1.29. The molecule has 116 valence electrons. The Kier molecular flexibility index (Phi) is 4.34. The van der Waals surface area contributed by atoms with Gasteiger partial charge in [-0.1, -0.05) is 6.92 Å². The van der Waals surface area contributed by atoms with Gasteiger partial charge in [0.05, 0.1) is 0 Å². The molecule has 4 nitrogen and oxygen atoms in total. The first-order chi connectivity index (χ1) is 10.2. The Balaban J connectivity index is 1.44. The highest BCUT2D eigenvalue weighted by Gasteiger charge is 2.36. The van der Waals surface area contributed by atoms with Crippen molar-refractivity contribution in [3.8, 4) is 0 Å². The molecule has 1 aromatic heterocycles. The predicted molar refractivity (Wildman–Crippen MR) is 79.9 cm³/mol. The second kappa shape index (κ2) is 6.22. The van der Waals surface area contributed by atoms with Crippen LogP contribution in [-0.2, 0) is 11.2 Å². The summed E-state index contributed by atoms with van der Waals surface area (Å²) >= 11 is 0. The molecular weight excluding hydrogens is 266 g/mol. The van der Waals surface area contributed by atoms with Crippen LogP contribution in [0.4, 0.5) is 0 Å². The van der Waals surface area contributed by atoms with E-state index in [1.54, 1.807) is 0 Å². The fourth-order valence-corrected chi connectivity index (χ4v) is 3.31. The third-order valence-electron chi connectivity index (χ3n) is 4.92. The topological polar surface area (TPSA) is 53.7 Å². The molecule has 1 amide bonds. The molecule has 2 fully saturated rings. The van der Waals surface area contributed by atoms with Gasteiger partial charge < -0.3 is 14.4 Å². The zero-order valence-electron chi connectivity index (χ0n) is 12.8. The highest BCUT2D eigenvalue weighted by molar-refractivity contribution is 5.76. The lowest BCUT2D eigenvalue weighted by atomic mass is 10.1. The first-order valence-electron chi connectivity index (χ1n) is 8.14. The van der Waals surface area contributed by atoms with Crippen molar-refractivity contribution in [1.82, 2.24) is 4.90 Å². The normalized spacial score (nSPS) is 28.1. The minimum absolute atomic E-state index is 0.216. The van der Waals surface area contributed by atoms with Gasteiger partial charge in [0.25, 0.3) is 0 Å². The van der Waals surface area contributed by atoms with Crippen molar-refractivity contribution in [2.24, 2.45) is 11.8 Å². The van der Waals surface area contributed by atoms with Crippen LogP contribution in [0, 0.1) is 11.8 Å². The molecule has 3 atom stereocenters. The van der Waals surface area contributed by atoms with Crippen LogP contribution >= 0.6 is 0 Å². The largest absolute Gasteiger partial charge is 0.466 e. The smallest absolute Gasteiger partial charge is 0.223 e. The maximum Gasteiger partial charge on any atom is 0.223 e. The number of aliphatic hydroxyl groups is 1.